The highest BCUT2D eigenvalue weighted by Crippen LogP contribution is 2.28. The SMILES string of the molecule is Cc1nc(C)c(-c2cccc(Br)c2)c(N)n1. The molecule has 2 N–H and O–H groups in total. The number of anilines is 1. The van der Waals surface area contributed by atoms with E-state index in [1.807, 2.05) is 38.1 Å². The first kappa shape index (κ1) is 11.1. The van der Waals surface area contributed by atoms with Gasteiger partial charge in [-0.05, 0) is 31.5 Å². The summed E-state index contributed by atoms with van der Waals surface area (Å²) in [5, 5.41) is 0. The Morgan fingerprint density at radius 2 is 1.94 bits per heavy atom. The monoisotopic (exact) mass is 277 g/mol. The van der Waals surface area contributed by atoms with Crippen LogP contribution in [0.1, 0.15) is 11.5 Å². The third-order valence-corrected chi connectivity index (χ3v) is 2.84. The van der Waals surface area contributed by atoms with E-state index in [1.54, 1.807) is 0 Å². The second-order valence-corrected chi connectivity index (χ2v) is 4.54. The van der Waals surface area contributed by atoms with Gasteiger partial charge in [0.05, 0.1) is 5.69 Å². The molecule has 16 heavy (non-hydrogen) atoms. The predicted octanol–water partition coefficient (Wildman–Crippen LogP) is 3.11. The molecule has 0 aliphatic rings. The first-order valence-corrected chi connectivity index (χ1v) is 5.74. The van der Waals surface area contributed by atoms with Crippen molar-refractivity contribution in [3.8, 4) is 11.1 Å². The van der Waals surface area contributed by atoms with E-state index in [2.05, 4.69) is 25.9 Å². The minimum absolute atomic E-state index is 0.531. The van der Waals surface area contributed by atoms with E-state index in [-0.39, 0.29) is 0 Å². The van der Waals surface area contributed by atoms with Crippen molar-refractivity contribution in [2.24, 2.45) is 0 Å². The summed E-state index contributed by atoms with van der Waals surface area (Å²) in [7, 11) is 0. The molecule has 0 aliphatic carbocycles. The van der Waals surface area contributed by atoms with Crippen molar-refractivity contribution in [2.75, 3.05) is 5.73 Å². The van der Waals surface area contributed by atoms with Crippen molar-refractivity contribution in [1.82, 2.24) is 9.97 Å². The Bertz CT molecular complexity index is 515. The van der Waals surface area contributed by atoms with Crippen molar-refractivity contribution in [3.05, 3.63) is 40.3 Å². The summed E-state index contributed by atoms with van der Waals surface area (Å²) >= 11 is 3.44. The number of nitrogens with two attached hydrogens (primary N) is 1. The summed E-state index contributed by atoms with van der Waals surface area (Å²) in [5.74, 6) is 1.23. The summed E-state index contributed by atoms with van der Waals surface area (Å²) in [4.78, 5) is 8.53. The van der Waals surface area contributed by atoms with E-state index < -0.39 is 0 Å². The van der Waals surface area contributed by atoms with Crippen LogP contribution in [0.4, 0.5) is 5.82 Å². The van der Waals surface area contributed by atoms with E-state index in [4.69, 9.17) is 5.73 Å². The maximum atomic E-state index is 5.94. The van der Waals surface area contributed by atoms with Gasteiger partial charge in [-0.25, -0.2) is 9.97 Å². The molecule has 0 radical (unpaired) electrons. The predicted molar refractivity (Wildman–Crippen MR) is 69.1 cm³/mol. The highest BCUT2D eigenvalue weighted by molar-refractivity contribution is 9.10. The molecule has 4 heteroatoms. The minimum atomic E-state index is 0.531. The topological polar surface area (TPSA) is 51.8 Å². The minimum Gasteiger partial charge on any atom is -0.383 e. The van der Waals surface area contributed by atoms with Gasteiger partial charge in [-0.1, -0.05) is 28.1 Å². The maximum Gasteiger partial charge on any atom is 0.135 e. The molecule has 0 fully saturated rings. The third kappa shape index (κ3) is 2.07. The molecule has 1 heterocycles. The lowest BCUT2D eigenvalue weighted by molar-refractivity contribution is 1.02. The molecule has 0 amide bonds. The first-order chi connectivity index (χ1) is 7.58. The Morgan fingerprint density at radius 1 is 1.19 bits per heavy atom. The number of nitrogen functional groups attached to an aromatic ring is 1. The fourth-order valence-electron chi connectivity index (χ4n) is 1.74. The van der Waals surface area contributed by atoms with Crippen molar-refractivity contribution < 1.29 is 0 Å². The second-order valence-electron chi connectivity index (χ2n) is 3.63. The normalized spacial score (nSPS) is 10.4. The van der Waals surface area contributed by atoms with Gasteiger partial charge in [-0.15, -0.1) is 0 Å². The number of halogens is 1. The molecule has 0 atom stereocenters. The van der Waals surface area contributed by atoms with Gasteiger partial charge >= 0.3 is 0 Å². The van der Waals surface area contributed by atoms with Gasteiger partial charge < -0.3 is 5.73 Å². The van der Waals surface area contributed by atoms with Crippen LogP contribution in [0.15, 0.2) is 28.7 Å². The molecule has 0 spiro atoms. The largest absolute Gasteiger partial charge is 0.383 e. The smallest absolute Gasteiger partial charge is 0.135 e. The number of hydrogen-bond acceptors (Lipinski definition) is 3. The van der Waals surface area contributed by atoms with Crippen LogP contribution in [-0.4, -0.2) is 9.97 Å². The molecular formula is C12H12BrN3. The van der Waals surface area contributed by atoms with Crippen LogP contribution in [0, 0.1) is 13.8 Å². The second kappa shape index (κ2) is 4.22. The molecule has 0 bridgehead atoms. The lowest BCUT2D eigenvalue weighted by Crippen LogP contribution is -2.02. The Morgan fingerprint density at radius 3 is 2.56 bits per heavy atom. The number of aryl methyl sites for hydroxylation is 2. The molecule has 0 saturated carbocycles. The van der Waals surface area contributed by atoms with Crippen molar-refractivity contribution in [3.63, 3.8) is 0 Å². The van der Waals surface area contributed by atoms with Crippen LogP contribution in [0.2, 0.25) is 0 Å². The summed E-state index contributed by atoms with van der Waals surface area (Å²) < 4.78 is 1.02. The Hall–Kier alpha value is -1.42. The van der Waals surface area contributed by atoms with Crippen LogP contribution in [0.25, 0.3) is 11.1 Å². The average Bonchev–Trinajstić information content (AvgIpc) is 2.15. The Kier molecular flexibility index (Phi) is 2.92. The van der Waals surface area contributed by atoms with Gasteiger partial charge in [0.15, 0.2) is 0 Å². The Balaban J connectivity index is 2.64. The Labute approximate surface area is 103 Å². The molecule has 0 unspecified atom stereocenters. The fraction of sp³-hybridized carbons (Fsp3) is 0.167. The van der Waals surface area contributed by atoms with Crippen molar-refractivity contribution >= 4 is 21.7 Å². The summed E-state index contributed by atoms with van der Waals surface area (Å²) in [6.45, 7) is 3.79. The van der Waals surface area contributed by atoms with Gasteiger partial charge in [-0.3, -0.25) is 0 Å². The van der Waals surface area contributed by atoms with Gasteiger partial charge in [0, 0.05) is 10.0 Å². The number of benzene rings is 1. The maximum absolute atomic E-state index is 5.94. The lowest BCUT2D eigenvalue weighted by atomic mass is 10.1. The lowest BCUT2D eigenvalue weighted by Gasteiger charge is -2.09. The quantitative estimate of drug-likeness (QED) is 0.872. The van der Waals surface area contributed by atoms with E-state index in [1.165, 1.54) is 0 Å². The molecule has 2 rings (SSSR count). The summed E-state index contributed by atoms with van der Waals surface area (Å²) in [6, 6.07) is 7.96. The molecule has 0 saturated heterocycles. The van der Waals surface area contributed by atoms with E-state index in [9.17, 15) is 0 Å². The highest BCUT2D eigenvalue weighted by atomic mass is 79.9. The third-order valence-electron chi connectivity index (χ3n) is 2.34. The molecule has 3 nitrogen and oxygen atoms in total. The highest BCUT2D eigenvalue weighted by Gasteiger charge is 2.09. The van der Waals surface area contributed by atoms with Crippen LogP contribution in [-0.2, 0) is 0 Å². The average molecular weight is 278 g/mol. The molecule has 1 aromatic carbocycles. The number of aromatic nitrogens is 2. The molecular weight excluding hydrogens is 266 g/mol. The number of nitrogens with zero attached hydrogens (tertiary/aromatic N) is 2. The van der Waals surface area contributed by atoms with Crippen molar-refractivity contribution in [2.45, 2.75) is 13.8 Å². The summed E-state index contributed by atoms with van der Waals surface area (Å²) in [6.07, 6.45) is 0. The zero-order valence-electron chi connectivity index (χ0n) is 9.16. The first-order valence-electron chi connectivity index (χ1n) is 4.94. The molecule has 0 aliphatic heterocycles. The molecule has 82 valence electrons. The van der Waals surface area contributed by atoms with Gasteiger partial charge in [0.2, 0.25) is 0 Å². The van der Waals surface area contributed by atoms with Gasteiger partial charge in [-0.2, -0.15) is 0 Å². The number of rotatable bonds is 1. The van der Waals surface area contributed by atoms with Gasteiger partial charge in [0.1, 0.15) is 11.6 Å². The van der Waals surface area contributed by atoms with E-state index >= 15 is 0 Å². The van der Waals surface area contributed by atoms with E-state index in [0.29, 0.717) is 11.6 Å². The van der Waals surface area contributed by atoms with Gasteiger partial charge in [0.25, 0.3) is 0 Å². The molecule has 1 aromatic heterocycles. The standard InChI is InChI=1S/C12H12BrN3/c1-7-11(12(14)16-8(2)15-7)9-4-3-5-10(13)6-9/h3-6H,1-2H3,(H2,14,15,16). The zero-order valence-corrected chi connectivity index (χ0v) is 10.7. The molecule has 2 aromatic rings. The van der Waals surface area contributed by atoms with Crippen LogP contribution < -0.4 is 5.73 Å². The fourth-order valence-corrected chi connectivity index (χ4v) is 2.14. The van der Waals surface area contributed by atoms with Crippen LogP contribution in [0.5, 0.6) is 0 Å². The van der Waals surface area contributed by atoms with E-state index in [0.717, 1.165) is 21.3 Å². The summed E-state index contributed by atoms with van der Waals surface area (Å²) in [5.41, 5.74) is 8.78. The van der Waals surface area contributed by atoms with Crippen LogP contribution >= 0.6 is 15.9 Å². The zero-order chi connectivity index (χ0) is 11.7. The van der Waals surface area contributed by atoms with Crippen molar-refractivity contribution in [1.29, 1.82) is 0 Å². The van der Waals surface area contributed by atoms with Crippen LogP contribution in [0.3, 0.4) is 0 Å². The number of hydrogen-bond donors (Lipinski definition) is 1.